The van der Waals surface area contributed by atoms with Gasteiger partial charge in [-0.1, -0.05) is 35.9 Å². The third kappa shape index (κ3) is 3.76. The quantitative estimate of drug-likeness (QED) is 0.802. The number of phenolic OH excluding ortho intramolecular Hbond substituents is 1. The van der Waals surface area contributed by atoms with Crippen LogP contribution in [0.15, 0.2) is 48.5 Å². The smallest absolute Gasteiger partial charge is 0.115 e. The van der Waals surface area contributed by atoms with Gasteiger partial charge in [0.15, 0.2) is 0 Å². The number of phenols is 1. The van der Waals surface area contributed by atoms with Gasteiger partial charge in [-0.05, 0) is 49.4 Å². The zero-order chi connectivity index (χ0) is 15.3. The number of ether oxygens (including phenoxy) is 1. The summed E-state index contributed by atoms with van der Waals surface area (Å²) in [5, 5.41) is 13.2. The summed E-state index contributed by atoms with van der Waals surface area (Å²) >= 11 is 5.97. The summed E-state index contributed by atoms with van der Waals surface area (Å²) in [5.41, 5.74) is 1.42. The van der Waals surface area contributed by atoms with E-state index in [1.165, 1.54) is 0 Å². The Morgan fingerprint density at radius 1 is 1.05 bits per heavy atom. The number of hydrogen-bond acceptors (Lipinski definition) is 3. The van der Waals surface area contributed by atoms with Gasteiger partial charge in [0, 0.05) is 11.6 Å². The van der Waals surface area contributed by atoms with E-state index in [1.807, 2.05) is 50.4 Å². The first-order valence-electron chi connectivity index (χ1n) is 6.90. The minimum atomic E-state index is -0.588. The summed E-state index contributed by atoms with van der Waals surface area (Å²) in [7, 11) is 1.89. The molecule has 0 bridgehead atoms. The van der Waals surface area contributed by atoms with Crippen molar-refractivity contribution in [2.75, 3.05) is 20.2 Å². The van der Waals surface area contributed by atoms with Crippen LogP contribution in [0.1, 0.15) is 18.1 Å². The molecule has 0 spiro atoms. The molecule has 3 nitrogen and oxygen atoms in total. The molecule has 1 unspecified atom stereocenters. The van der Waals surface area contributed by atoms with Crippen molar-refractivity contribution < 1.29 is 9.84 Å². The van der Waals surface area contributed by atoms with Gasteiger partial charge >= 0.3 is 0 Å². The molecule has 0 radical (unpaired) electrons. The van der Waals surface area contributed by atoms with Gasteiger partial charge in [-0.3, -0.25) is 0 Å². The summed E-state index contributed by atoms with van der Waals surface area (Å²) in [5.74, 6) is 0.243. The first kappa shape index (κ1) is 15.8. The minimum Gasteiger partial charge on any atom is -0.508 e. The normalized spacial score (nSPS) is 13.9. The molecule has 0 saturated heterocycles. The molecule has 2 aromatic carbocycles. The molecule has 2 N–H and O–H groups in total. The second-order valence-corrected chi connectivity index (χ2v) is 5.48. The maximum atomic E-state index is 9.48. The van der Waals surface area contributed by atoms with Gasteiger partial charge in [0.05, 0.1) is 6.61 Å². The zero-order valence-electron chi connectivity index (χ0n) is 12.3. The number of aromatic hydroxyl groups is 1. The van der Waals surface area contributed by atoms with Crippen LogP contribution in [0.4, 0.5) is 0 Å². The molecule has 0 amide bonds. The molecule has 0 heterocycles. The number of nitrogens with one attached hydrogen (secondary N) is 1. The lowest BCUT2D eigenvalue weighted by molar-refractivity contribution is -0.00155. The number of rotatable bonds is 6. The van der Waals surface area contributed by atoms with Crippen LogP contribution in [-0.4, -0.2) is 25.3 Å². The first-order valence-corrected chi connectivity index (χ1v) is 7.28. The van der Waals surface area contributed by atoms with Crippen LogP contribution in [0.3, 0.4) is 0 Å². The molecule has 112 valence electrons. The Morgan fingerprint density at radius 3 is 2.10 bits per heavy atom. The van der Waals surface area contributed by atoms with E-state index in [9.17, 15) is 5.11 Å². The molecule has 21 heavy (non-hydrogen) atoms. The highest BCUT2D eigenvalue weighted by molar-refractivity contribution is 6.30. The fourth-order valence-electron chi connectivity index (χ4n) is 2.24. The summed E-state index contributed by atoms with van der Waals surface area (Å²) in [6.45, 7) is 3.37. The van der Waals surface area contributed by atoms with Crippen molar-refractivity contribution in [3.05, 3.63) is 64.7 Å². The number of likely N-dealkylation sites (N-methyl/N-ethyl adjacent to an activating group) is 1. The van der Waals surface area contributed by atoms with E-state index in [2.05, 4.69) is 5.32 Å². The standard InChI is InChI=1S/C17H20ClNO2/c1-17(21-12-11-19-2,13-3-7-15(18)8-4-13)14-5-9-16(20)10-6-14/h3-10,19-20H,11-12H2,1-2H3. The van der Waals surface area contributed by atoms with E-state index in [0.717, 1.165) is 17.7 Å². The average molecular weight is 306 g/mol. The fraction of sp³-hybridized carbons (Fsp3) is 0.294. The van der Waals surface area contributed by atoms with E-state index in [-0.39, 0.29) is 5.75 Å². The lowest BCUT2D eigenvalue weighted by Crippen LogP contribution is -2.30. The van der Waals surface area contributed by atoms with Crippen LogP contribution in [0.2, 0.25) is 5.02 Å². The van der Waals surface area contributed by atoms with E-state index < -0.39 is 5.60 Å². The Bertz CT molecular complexity index is 521. The van der Waals surface area contributed by atoms with Crippen molar-refractivity contribution in [1.82, 2.24) is 5.32 Å². The Hall–Kier alpha value is -1.55. The van der Waals surface area contributed by atoms with Gasteiger partial charge in [0.2, 0.25) is 0 Å². The van der Waals surface area contributed by atoms with E-state index in [1.54, 1.807) is 12.1 Å². The van der Waals surface area contributed by atoms with E-state index in [4.69, 9.17) is 16.3 Å². The minimum absolute atomic E-state index is 0.243. The zero-order valence-corrected chi connectivity index (χ0v) is 13.0. The van der Waals surface area contributed by atoms with Gasteiger partial charge in [-0.2, -0.15) is 0 Å². The summed E-state index contributed by atoms with van der Waals surface area (Å²) in [6.07, 6.45) is 0. The Morgan fingerprint density at radius 2 is 1.57 bits per heavy atom. The Kier molecular flexibility index (Phi) is 5.23. The third-order valence-electron chi connectivity index (χ3n) is 3.56. The fourth-order valence-corrected chi connectivity index (χ4v) is 2.36. The summed E-state index contributed by atoms with van der Waals surface area (Å²) in [6, 6.07) is 14.7. The summed E-state index contributed by atoms with van der Waals surface area (Å²) < 4.78 is 6.13. The molecule has 0 aromatic heterocycles. The van der Waals surface area contributed by atoms with E-state index >= 15 is 0 Å². The average Bonchev–Trinajstić information content (AvgIpc) is 2.48. The predicted octanol–water partition coefficient (Wildman–Crippen LogP) is 3.55. The van der Waals surface area contributed by atoms with Crippen molar-refractivity contribution in [3.63, 3.8) is 0 Å². The second-order valence-electron chi connectivity index (χ2n) is 5.04. The Labute approximate surface area is 130 Å². The molecular formula is C17H20ClNO2. The van der Waals surface area contributed by atoms with Crippen LogP contribution in [0, 0.1) is 0 Å². The van der Waals surface area contributed by atoms with Gasteiger partial charge in [0.25, 0.3) is 0 Å². The van der Waals surface area contributed by atoms with Crippen molar-refractivity contribution in [2.45, 2.75) is 12.5 Å². The predicted molar refractivity (Wildman–Crippen MR) is 85.9 cm³/mol. The number of benzene rings is 2. The monoisotopic (exact) mass is 305 g/mol. The molecule has 1 atom stereocenters. The molecule has 0 aliphatic rings. The highest BCUT2D eigenvalue weighted by Crippen LogP contribution is 2.34. The van der Waals surface area contributed by atoms with Crippen LogP contribution in [-0.2, 0) is 10.3 Å². The lowest BCUT2D eigenvalue weighted by Gasteiger charge is -2.31. The van der Waals surface area contributed by atoms with Crippen LogP contribution in [0.25, 0.3) is 0 Å². The molecule has 0 saturated carbocycles. The van der Waals surface area contributed by atoms with Gasteiger partial charge < -0.3 is 15.2 Å². The topological polar surface area (TPSA) is 41.5 Å². The van der Waals surface area contributed by atoms with Crippen LogP contribution >= 0.6 is 11.6 Å². The van der Waals surface area contributed by atoms with Crippen LogP contribution < -0.4 is 5.32 Å². The van der Waals surface area contributed by atoms with Crippen LogP contribution in [0.5, 0.6) is 5.75 Å². The second kappa shape index (κ2) is 6.94. The molecular weight excluding hydrogens is 286 g/mol. The highest BCUT2D eigenvalue weighted by Gasteiger charge is 2.29. The van der Waals surface area contributed by atoms with Gasteiger partial charge in [0.1, 0.15) is 11.4 Å². The largest absolute Gasteiger partial charge is 0.508 e. The van der Waals surface area contributed by atoms with Crippen molar-refractivity contribution in [3.8, 4) is 5.75 Å². The SMILES string of the molecule is CNCCOC(C)(c1ccc(O)cc1)c1ccc(Cl)cc1. The molecule has 2 aromatic rings. The molecule has 0 fully saturated rings. The van der Waals surface area contributed by atoms with Gasteiger partial charge in [-0.15, -0.1) is 0 Å². The van der Waals surface area contributed by atoms with Crippen molar-refractivity contribution >= 4 is 11.6 Å². The molecule has 0 aliphatic heterocycles. The summed E-state index contributed by atoms with van der Waals surface area (Å²) in [4.78, 5) is 0. The highest BCUT2D eigenvalue weighted by atomic mass is 35.5. The third-order valence-corrected chi connectivity index (χ3v) is 3.81. The molecule has 4 heteroatoms. The Balaban J connectivity index is 2.37. The number of hydrogen-bond donors (Lipinski definition) is 2. The maximum absolute atomic E-state index is 9.48. The number of halogens is 1. The maximum Gasteiger partial charge on any atom is 0.115 e. The molecule has 0 aliphatic carbocycles. The van der Waals surface area contributed by atoms with Crippen molar-refractivity contribution in [1.29, 1.82) is 0 Å². The molecule has 2 rings (SSSR count). The lowest BCUT2D eigenvalue weighted by atomic mass is 9.88. The van der Waals surface area contributed by atoms with E-state index in [0.29, 0.717) is 11.6 Å². The van der Waals surface area contributed by atoms with Crippen molar-refractivity contribution in [2.24, 2.45) is 0 Å². The first-order chi connectivity index (χ1) is 10.1. The van der Waals surface area contributed by atoms with Gasteiger partial charge in [-0.25, -0.2) is 0 Å².